The number of carbonyl (C=O) groups excluding carboxylic acids is 3. The number of carbonyl (C=O) groups is 3. The van der Waals surface area contributed by atoms with E-state index in [1.54, 1.807) is 45.0 Å². The molecule has 4 rings (SSSR count). The number of aliphatic hydroxyl groups excluding tert-OH is 1. The standard InChI is InChI=1S/C29H27FN2O7S/c1-6-12-39-20-11-10-17(14-21(20)37-5)23-22(24(33)18-9-8-15(3)19(30)13-18)25(34)27(35)32(23)29-31-16(4)26(40-29)28(36)38-7-2/h6,8-11,13-14,23,33H,1,7,12H2,2-5H3/b24-22-. The number of methoxy groups -OCH3 is 1. The summed E-state index contributed by atoms with van der Waals surface area (Å²) < 4.78 is 30.6. The number of hydrogen-bond acceptors (Lipinski definition) is 9. The minimum Gasteiger partial charge on any atom is -0.507 e. The molecule has 1 saturated heterocycles. The number of halogens is 1. The summed E-state index contributed by atoms with van der Waals surface area (Å²) in [5.74, 6) is -3.05. The molecule has 1 aliphatic rings. The predicted octanol–water partition coefficient (Wildman–Crippen LogP) is 5.28. The molecule has 11 heteroatoms. The second-order valence-electron chi connectivity index (χ2n) is 8.77. The van der Waals surface area contributed by atoms with E-state index in [1.807, 2.05) is 0 Å². The maximum absolute atomic E-state index is 14.4. The van der Waals surface area contributed by atoms with Crippen molar-refractivity contribution >= 4 is 39.9 Å². The Morgan fingerprint density at radius 1 is 1.20 bits per heavy atom. The van der Waals surface area contributed by atoms with Crippen molar-refractivity contribution in [3.63, 3.8) is 0 Å². The minimum atomic E-state index is -1.19. The summed E-state index contributed by atoms with van der Waals surface area (Å²) in [6.45, 7) is 8.79. The lowest BCUT2D eigenvalue weighted by molar-refractivity contribution is -0.132. The zero-order valence-electron chi connectivity index (χ0n) is 22.3. The average molecular weight is 567 g/mol. The van der Waals surface area contributed by atoms with Crippen LogP contribution in [0.1, 0.15) is 45.0 Å². The number of esters is 1. The van der Waals surface area contributed by atoms with Crippen molar-refractivity contribution in [3.05, 3.63) is 87.7 Å². The Kier molecular flexibility index (Phi) is 8.34. The molecule has 1 amide bonds. The first kappa shape index (κ1) is 28.5. The Hall–Kier alpha value is -4.51. The van der Waals surface area contributed by atoms with Crippen LogP contribution in [0, 0.1) is 19.7 Å². The van der Waals surface area contributed by atoms with Crippen molar-refractivity contribution in [3.8, 4) is 11.5 Å². The highest BCUT2D eigenvalue weighted by molar-refractivity contribution is 7.17. The van der Waals surface area contributed by atoms with Gasteiger partial charge in [0.15, 0.2) is 16.6 Å². The molecule has 3 aromatic rings. The molecule has 0 aliphatic carbocycles. The van der Waals surface area contributed by atoms with Crippen LogP contribution < -0.4 is 14.4 Å². The molecule has 0 spiro atoms. The van der Waals surface area contributed by atoms with Crippen LogP contribution in [0.3, 0.4) is 0 Å². The molecule has 9 nitrogen and oxygen atoms in total. The van der Waals surface area contributed by atoms with Crippen molar-refractivity contribution in [2.45, 2.75) is 26.8 Å². The maximum Gasteiger partial charge on any atom is 0.350 e. The van der Waals surface area contributed by atoms with Crippen LogP contribution in [0.4, 0.5) is 9.52 Å². The van der Waals surface area contributed by atoms with Crippen LogP contribution in [-0.2, 0) is 14.3 Å². The number of ketones is 1. The van der Waals surface area contributed by atoms with Gasteiger partial charge in [0, 0.05) is 5.56 Å². The molecule has 1 fully saturated rings. The number of nitrogens with zero attached hydrogens (tertiary/aromatic N) is 2. The van der Waals surface area contributed by atoms with E-state index in [9.17, 15) is 23.9 Å². The molecule has 2 heterocycles. The number of aromatic nitrogens is 1. The van der Waals surface area contributed by atoms with Crippen molar-refractivity contribution in [1.29, 1.82) is 0 Å². The van der Waals surface area contributed by atoms with E-state index in [2.05, 4.69) is 11.6 Å². The number of amides is 1. The number of benzene rings is 2. The lowest BCUT2D eigenvalue weighted by Crippen LogP contribution is -2.29. The van der Waals surface area contributed by atoms with E-state index in [-0.39, 0.29) is 34.4 Å². The van der Waals surface area contributed by atoms with E-state index in [0.717, 1.165) is 22.3 Å². The summed E-state index contributed by atoms with van der Waals surface area (Å²) in [4.78, 5) is 45.1. The van der Waals surface area contributed by atoms with Crippen molar-refractivity contribution in [1.82, 2.24) is 4.98 Å². The number of anilines is 1. The van der Waals surface area contributed by atoms with Gasteiger partial charge in [-0.15, -0.1) is 0 Å². The van der Waals surface area contributed by atoms with Crippen LogP contribution in [-0.4, -0.2) is 48.1 Å². The molecule has 1 N–H and O–H groups in total. The van der Waals surface area contributed by atoms with Gasteiger partial charge in [0.2, 0.25) is 0 Å². The molecule has 208 valence electrons. The highest BCUT2D eigenvalue weighted by atomic mass is 32.1. The second kappa shape index (κ2) is 11.7. The molecule has 0 bridgehead atoms. The van der Waals surface area contributed by atoms with E-state index < -0.39 is 35.3 Å². The fraction of sp³-hybridized carbons (Fsp3) is 0.241. The summed E-state index contributed by atoms with van der Waals surface area (Å²) in [6.07, 6.45) is 1.56. The average Bonchev–Trinajstić information content (AvgIpc) is 3.45. The summed E-state index contributed by atoms with van der Waals surface area (Å²) in [5.41, 5.74) is 0.775. The number of ether oxygens (including phenoxy) is 3. The molecular weight excluding hydrogens is 539 g/mol. The molecule has 40 heavy (non-hydrogen) atoms. The second-order valence-corrected chi connectivity index (χ2v) is 9.75. The highest BCUT2D eigenvalue weighted by Gasteiger charge is 2.48. The normalized spacial score (nSPS) is 16.2. The Bertz CT molecular complexity index is 1550. The Morgan fingerprint density at radius 3 is 2.60 bits per heavy atom. The summed E-state index contributed by atoms with van der Waals surface area (Å²) in [5, 5.41) is 11.3. The van der Waals surface area contributed by atoms with Gasteiger partial charge in [0.1, 0.15) is 23.1 Å². The molecule has 1 aliphatic heterocycles. The number of hydrogen-bond donors (Lipinski definition) is 1. The number of Topliss-reactive ketones (excluding diaryl/α,β-unsaturated/α-hetero) is 1. The summed E-state index contributed by atoms with van der Waals surface area (Å²) in [7, 11) is 1.43. The molecule has 1 aromatic heterocycles. The minimum absolute atomic E-state index is 0.0199. The fourth-order valence-electron chi connectivity index (χ4n) is 4.23. The largest absolute Gasteiger partial charge is 0.507 e. The molecule has 0 radical (unpaired) electrons. The van der Waals surface area contributed by atoms with E-state index in [4.69, 9.17) is 14.2 Å². The van der Waals surface area contributed by atoms with Gasteiger partial charge in [-0.1, -0.05) is 42.2 Å². The van der Waals surface area contributed by atoms with Crippen LogP contribution in [0.5, 0.6) is 11.5 Å². The molecule has 1 unspecified atom stereocenters. The van der Waals surface area contributed by atoms with Gasteiger partial charge in [-0.2, -0.15) is 0 Å². The van der Waals surface area contributed by atoms with Gasteiger partial charge in [0.25, 0.3) is 5.78 Å². The quantitative estimate of drug-likeness (QED) is 0.122. The van der Waals surface area contributed by atoms with Gasteiger partial charge in [-0.05, 0) is 50.1 Å². The van der Waals surface area contributed by atoms with E-state index in [1.165, 1.54) is 19.2 Å². The monoisotopic (exact) mass is 566 g/mol. The van der Waals surface area contributed by atoms with Crippen LogP contribution in [0.2, 0.25) is 0 Å². The third kappa shape index (κ3) is 5.20. The third-order valence-electron chi connectivity index (χ3n) is 6.20. The first-order valence-electron chi connectivity index (χ1n) is 12.3. The third-order valence-corrected chi connectivity index (χ3v) is 7.34. The van der Waals surface area contributed by atoms with E-state index in [0.29, 0.717) is 28.3 Å². The zero-order chi connectivity index (χ0) is 29.1. The highest BCUT2D eigenvalue weighted by Crippen LogP contribution is 2.45. The molecule has 2 aromatic carbocycles. The number of rotatable bonds is 9. The van der Waals surface area contributed by atoms with Crippen LogP contribution in [0.25, 0.3) is 5.76 Å². The Morgan fingerprint density at radius 2 is 1.95 bits per heavy atom. The molecule has 0 saturated carbocycles. The summed E-state index contributed by atoms with van der Waals surface area (Å²) >= 11 is 0.883. The maximum atomic E-state index is 14.4. The lowest BCUT2D eigenvalue weighted by atomic mass is 9.94. The Balaban J connectivity index is 1.94. The zero-order valence-corrected chi connectivity index (χ0v) is 23.1. The van der Waals surface area contributed by atoms with Crippen LogP contribution in [0.15, 0.2) is 54.6 Å². The smallest absolute Gasteiger partial charge is 0.350 e. The first-order chi connectivity index (χ1) is 19.1. The van der Waals surface area contributed by atoms with Crippen molar-refractivity contribution < 1.29 is 38.1 Å². The lowest BCUT2D eigenvalue weighted by Gasteiger charge is -2.24. The predicted molar refractivity (Wildman–Crippen MR) is 147 cm³/mol. The number of aliphatic hydroxyl groups is 1. The van der Waals surface area contributed by atoms with Crippen molar-refractivity contribution in [2.24, 2.45) is 0 Å². The molecule has 1 atom stereocenters. The number of aryl methyl sites for hydroxylation is 2. The van der Waals surface area contributed by atoms with Gasteiger partial charge in [0.05, 0.1) is 31.0 Å². The Labute approximate surface area is 234 Å². The van der Waals surface area contributed by atoms with Crippen molar-refractivity contribution in [2.75, 3.05) is 25.2 Å². The van der Waals surface area contributed by atoms with Gasteiger partial charge >= 0.3 is 11.9 Å². The van der Waals surface area contributed by atoms with Crippen LogP contribution >= 0.6 is 11.3 Å². The first-order valence-corrected chi connectivity index (χ1v) is 13.1. The SMILES string of the molecule is C=CCOc1ccc(C2/C(=C(/O)c3ccc(C)c(F)c3)C(=O)C(=O)N2c2nc(C)c(C(=O)OCC)s2)cc1OC. The number of thiazole rings is 1. The van der Waals surface area contributed by atoms with E-state index >= 15 is 0 Å². The molecular formula is C29H27FN2O7S. The fourth-order valence-corrected chi connectivity index (χ4v) is 5.22. The van der Waals surface area contributed by atoms with Gasteiger partial charge in [-0.25, -0.2) is 14.2 Å². The van der Waals surface area contributed by atoms with Gasteiger partial charge < -0.3 is 19.3 Å². The summed E-state index contributed by atoms with van der Waals surface area (Å²) in [6, 6.07) is 7.59. The topological polar surface area (TPSA) is 115 Å². The van der Waals surface area contributed by atoms with Gasteiger partial charge in [-0.3, -0.25) is 14.5 Å².